The van der Waals surface area contributed by atoms with Crippen LogP contribution in [-0.4, -0.2) is 32.1 Å². The molecule has 0 bridgehead atoms. The predicted octanol–water partition coefficient (Wildman–Crippen LogP) is 2.89. The summed E-state index contributed by atoms with van der Waals surface area (Å²) in [5, 5.41) is 6.17. The molecule has 0 radical (unpaired) electrons. The second-order valence-corrected chi connectivity index (χ2v) is 6.62. The number of rotatable bonds is 5. The van der Waals surface area contributed by atoms with Crippen molar-refractivity contribution in [2.45, 2.75) is 19.8 Å². The van der Waals surface area contributed by atoms with E-state index >= 15 is 0 Å². The number of carbonyl (C=O) groups excluding carboxylic acids is 1. The van der Waals surface area contributed by atoms with E-state index in [0.29, 0.717) is 11.0 Å². The SMILES string of the molecule is CC1(CNC(=O)COc2ccc(Br)cc2F)CCNCC1.Cl. The fourth-order valence-corrected chi connectivity index (χ4v) is 2.64. The number of nitrogens with one attached hydrogen (secondary N) is 2. The van der Waals surface area contributed by atoms with Crippen LogP contribution in [0.5, 0.6) is 5.75 Å². The minimum Gasteiger partial charge on any atom is -0.481 e. The first-order chi connectivity index (χ1) is 9.98. The summed E-state index contributed by atoms with van der Waals surface area (Å²) in [5.41, 5.74) is 0.129. The van der Waals surface area contributed by atoms with Crippen LogP contribution in [0.1, 0.15) is 19.8 Å². The number of amides is 1. The van der Waals surface area contributed by atoms with Crippen molar-refractivity contribution in [2.24, 2.45) is 5.41 Å². The molecule has 0 atom stereocenters. The number of hydrogen-bond donors (Lipinski definition) is 2. The summed E-state index contributed by atoms with van der Waals surface area (Å²) in [4.78, 5) is 11.8. The van der Waals surface area contributed by atoms with Crippen LogP contribution < -0.4 is 15.4 Å². The predicted molar refractivity (Wildman–Crippen MR) is 90.1 cm³/mol. The summed E-state index contributed by atoms with van der Waals surface area (Å²) in [6, 6.07) is 4.48. The average molecular weight is 396 g/mol. The van der Waals surface area contributed by atoms with E-state index in [1.807, 2.05) is 0 Å². The lowest BCUT2D eigenvalue weighted by Crippen LogP contribution is -2.43. The summed E-state index contributed by atoms with van der Waals surface area (Å²) in [7, 11) is 0. The minimum atomic E-state index is -0.484. The van der Waals surface area contributed by atoms with Gasteiger partial charge in [0.15, 0.2) is 18.2 Å². The molecule has 1 saturated heterocycles. The van der Waals surface area contributed by atoms with Crippen molar-refractivity contribution in [2.75, 3.05) is 26.2 Å². The van der Waals surface area contributed by atoms with Crippen LogP contribution in [-0.2, 0) is 4.79 Å². The Morgan fingerprint density at radius 3 is 2.77 bits per heavy atom. The summed E-state index contributed by atoms with van der Waals surface area (Å²) >= 11 is 3.17. The molecule has 2 N–H and O–H groups in total. The Hall–Kier alpha value is -0.850. The first-order valence-electron chi connectivity index (χ1n) is 7.04. The van der Waals surface area contributed by atoms with Crippen LogP contribution in [0.4, 0.5) is 4.39 Å². The van der Waals surface area contributed by atoms with Gasteiger partial charge < -0.3 is 15.4 Å². The van der Waals surface area contributed by atoms with Gasteiger partial charge in [-0.3, -0.25) is 4.79 Å². The Bertz CT molecular complexity index is 510. The van der Waals surface area contributed by atoms with Gasteiger partial charge in [-0.2, -0.15) is 0 Å². The Morgan fingerprint density at radius 2 is 2.14 bits per heavy atom. The molecule has 1 aliphatic heterocycles. The first kappa shape index (κ1) is 19.2. The highest BCUT2D eigenvalue weighted by Gasteiger charge is 2.27. The molecule has 1 aromatic rings. The quantitative estimate of drug-likeness (QED) is 0.806. The molecule has 1 heterocycles. The Kier molecular flexibility index (Phi) is 7.59. The normalized spacial score (nSPS) is 16.5. The molecule has 0 saturated carbocycles. The van der Waals surface area contributed by atoms with Gasteiger partial charge >= 0.3 is 0 Å². The summed E-state index contributed by atoms with van der Waals surface area (Å²) in [5.74, 6) is -0.624. The average Bonchev–Trinajstić information content (AvgIpc) is 2.45. The van der Waals surface area contributed by atoms with Gasteiger partial charge in [-0.05, 0) is 49.5 Å². The minimum absolute atomic E-state index is 0. The van der Waals surface area contributed by atoms with Gasteiger partial charge in [-0.1, -0.05) is 22.9 Å². The molecule has 7 heteroatoms. The van der Waals surface area contributed by atoms with Gasteiger partial charge in [-0.25, -0.2) is 4.39 Å². The van der Waals surface area contributed by atoms with E-state index in [-0.39, 0.29) is 36.1 Å². The van der Waals surface area contributed by atoms with Crippen molar-refractivity contribution in [3.8, 4) is 5.75 Å². The number of carbonyl (C=O) groups is 1. The molecule has 4 nitrogen and oxygen atoms in total. The summed E-state index contributed by atoms with van der Waals surface area (Å²) < 4.78 is 19.4. The van der Waals surface area contributed by atoms with Crippen molar-refractivity contribution in [3.63, 3.8) is 0 Å². The van der Waals surface area contributed by atoms with Crippen LogP contribution in [0.3, 0.4) is 0 Å². The second-order valence-electron chi connectivity index (χ2n) is 5.70. The number of piperidine rings is 1. The van der Waals surface area contributed by atoms with Crippen LogP contribution in [0, 0.1) is 11.2 Å². The molecule has 1 aromatic carbocycles. The fraction of sp³-hybridized carbons (Fsp3) is 0.533. The van der Waals surface area contributed by atoms with Gasteiger partial charge in [-0.15, -0.1) is 12.4 Å². The van der Waals surface area contributed by atoms with E-state index in [1.165, 1.54) is 12.1 Å². The third kappa shape index (κ3) is 5.74. The number of benzene rings is 1. The molecule has 22 heavy (non-hydrogen) atoms. The van der Waals surface area contributed by atoms with Crippen molar-refractivity contribution in [3.05, 3.63) is 28.5 Å². The van der Waals surface area contributed by atoms with E-state index in [2.05, 4.69) is 33.5 Å². The lowest BCUT2D eigenvalue weighted by atomic mass is 9.81. The summed E-state index contributed by atoms with van der Waals surface area (Å²) in [6.45, 7) is 4.58. The molecule has 2 rings (SSSR count). The third-order valence-electron chi connectivity index (χ3n) is 3.78. The van der Waals surface area contributed by atoms with Crippen molar-refractivity contribution < 1.29 is 13.9 Å². The lowest BCUT2D eigenvalue weighted by molar-refractivity contribution is -0.123. The lowest BCUT2D eigenvalue weighted by Gasteiger charge is -2.34. The number of halogens is 3. The largest absolute Gasteiger partial charge is 0.481 e. The highest BCUT2D eigenvalue weighted by atomic mass is 79.9. The van der Waals surface area contributed by atoms with Crippen LogP contribution in [0.15, 0.2) is 22.7 Å². The molecular weight excluding hydrogens is 375 g/mol. The maximum atomic E-state index is 13.5. The Morgan fingerprint density at radius 1 is 1.45 bits per heavy atom. The topological polar surface area (TPSA) is 50.4 Å². The zero-order valence-corrected chi connectivity index (χ0v) is 14.9. The fourth-order valence-electron chi connectivity index (χ4n) is 2.31. The van der Waals surface area contributed by atoms with Gasteiger partial charge in [0.25, 0.3) is 5.91 Å². The Labute approximate surface area is 144 Å². The maximum absolute atomic E-state index is 13.5. The van der Waals surface area contributed by atoms with Crippen molar-refractivity contribution >= 4 is 34.2 Å². The molecule has 0 spiro atoms. The molecule has 1 amide bonds. The van der Waals surface area contributed by atoms with Gasteiger partial charge in [0.1, 0.15) is 0 Å². The summed E-state index contributed by atoms with van der Waals surface area (Å²) in [6.07, 6.45) is 2.07. The molecule has 1 aliphatic rings. The Balaban J connectivity index is 0.00000242. The van der Waals surface area contributed by atoms with E-state index < -0.39 is 5.82 Å². The second kappa shape index (κ2) is 8.70. The maximum Gasteiger partial charge on any atom is 0.257 e. The molecule has 0 aromatic heterocycles. The van der Waals surface area contributed by atoms with E-state index in [1.54, 1.807) is 6.07 Å². The third-order valence-corrected chi connectivity index (χ3v) is 4.27. The zero-order chi connectivity index (χ0) is 15.3. The van der Waals surface area contributed by atoms with Gasteiger partial charge in [0.2, 0.25) is 0 Å². The van der Waals surface area contributed by atoms with Gasteiger partial charge in [0.05, 0.1) is 0 Å². The molecular formula is C15H21BrClFN2O2. The van der Waals surface area contributed by atoms with Gasteiger partial charge in [0, 0.05) is 11.0 Å². The molecule has 0 unspecified atom stereocenters. The molecule has 0 aliphatic carbocycles. The smallest absolute Gasteiger partial charge is 0.257 e. The van der Waals surface area contributed by atoms with E-state index in [4.69, 9.17) is 4.74 Å². The molecule has 124 valence electrons. The molecule has 1 fully saturated rings. The van der Waals surface area contributed by atoms with Crippen molar-refractivity contribution in [1.29, 1.82) is 0 Å². The highest BCUT2D eigenvalue weighted by Crippen LogP contribution is 2.26. The van der Waals surface area contributed by atoms with Crippen LogP contribution in [0.25, 0.3) is 0 Å². The van der Waals surface area contributed by atoms with E-state index in [9.17, 15) is 9.18 Å². The standard InChI is InChI=1S/C15H20BrFN2O2.ClH/c1-15(4-6-18-7-5-15)10-19-14(20)9-21-13-3-2-11(16)8-12(13)17;/h2-3,8,18H,4-7,9-10H2,1H3,(H,19,20);1H. The van der Waals surface area contributed by atoms with Crippen molar-refractivity contribution in [1.82, 2.24) is 10.6 Å². The van der Waals surface area contributed by atoms with E-state index in [0.717, 1.165) is 25.9 Å². The number of ether oxygens (including phenoxy) is 1. The van der Waals surface area contributed by atoms with Crippen LogP contribution >= 0.6 is 28.3 Å². The monoisotopic (exact) mass is 394 g/mol. The first-order valence-corrected chi connectivity index (χ1v) is 7.83. The highest BCUT2D eigenvalue weighted by molar-refractivity contribution is 9.10. The zero-order valence-electron chi connectivity index (χ0n) is 12.5. The number of hydrogen-bond acceptors (Lipinski definition) is 3. The van der Waals surface area contributed by atoms with Crippen LogP contribution in [0.2, 0.25) is 0 Å².